The molecule has 286 valence electrons. The molecule has 0 aliphatic heterocycles. The van der Waals surface area contributed by atoms with Gasteiger partial charge in [-0.25, -0.2) is 0 Å². The zero-order valence-electron chi connectivity index (χ0n) is 33.1. The van der Waals surface area contributed by atoms with Crippen molar-refractivity contribution >= 4 is 71.7 Å². The van der Waals surface area contributed by atoms with E-state index in [1.54, 1.807) is 0 Å². The first-order valence-corrected chi connectivity index (χ1v) is 20.7. The molecule has 0 radical (unpaired) electrons. The summed E-state index contributed by atoms with van der Waals surface area (Å²) < 4.78 is 12.8. The number of rotatable bonds is 7. The summed E-state index contributed by atoms with van der Waals surface area (Å²) in [7, 11) is 0. The van der Waals surface area contributed by atoms with E-state index in [-0.39, 0.29) is 0 Å². The molecule has 0 atom stereocenters. The minimum atomic E-state index is 0.900. The average Bonchev–Trinajstić information content (AvgIpc) is 3.91. The molecule has 0 aliphatic carbocycles. The van der Waals surface area contributed by atoms with Gasteiger partial charge in [0.05, 0.1) is 0 Å². The normalized spacial score (nSPS) is 11.6. The van der Waals surface area contributed by atoms with Crippen LogP contribution in [-0.4, -0.2) is 0 Å². The molecule has 0 amide bonds. The summed E-state index contributed by atoms with van der Waals surface area (Å²) in [4.78, 5) is 2.32. The number of furan rings is 2. The molecule has 0 N–H and O–H groups in total. The van der Waals surface area contributed by atoms with E-state index in [9.17, 15) is 0 Å². The number of fused-ring (bicyclic) bond motifs is 7. The number of benzene rings is 10. The molecule has 61 heavy (non-hydrogen) atoms. The maximum absolute atomic E-state index is 6.42. The van der Waals surface area contributed by atoms with Gasteiger partial charge in [0.25, 0.3) is 0 Å². The van der Waals surface area contributed by atoms with Gasteiger partial charge in [-0.2, -0.15) is 0 Å². The van der Waals surface area contributed by atoms with Crippen molar-refractivity contribution in [1.82, 2.24) is 0 Å². The lowest BCUT2D eigenvalue weighted by molar-refractivity contribution is 0.669. The Balaban J connectivity index is 0.914. The average molecular weight is 780 g/mol. The fourth-order valence-corrected chi connectivity index (χ4v) is 9.10. The van der Waals surface area contributed by atoms with Gasteiger partial charge in [0.15, 0.2) is 0 Å². The minimum absolute atomic E-state index is 0.900. The Hall–Kier alpha value is -8.14. The van der Waals surface area contributed by atoms with Gasteiger partial charge >= 0.3 is 0 Å². The van der Waals surface area contributed by atoms with Crippen LogP contribution < -0.4 is 4.90 Å². The molecule has 12 rings (SSSR count). The third kappa shape index (κ3) is 5.98. The summed E-state index contributed by atoms with van der Waals surface area (Å²) in [5.41, 5.74) is 15.9. The maximum atomic E-state index is 6.42. The monoisotopic (exact) mass is 779 g/mol. The van der Waals surface area contributed by atoms with Gasteiger partial charge in [0.2, 0.25) is 0 Å². The lowest BCUT2D eigenvalue weighted by Crippen LogP contribution is -2.09. The zero-order chi connectivity index (χ0) is 40.3. The van der Waals surface area contributed by atoms with Crippen LogP contribution >= 0.6 is 0 Å². The highest BCUT2D eigenvalue weighted by Gasteiger charge is 2.17. The van der Waals surface area contributed by atoms with Crippen molar-refractivity contribution in [2.24, 2.45) is 0 Å². The second-order valence-electron chi connectivity index (χ2n) is 15.6. The highest BCUT2D eigenvalue weighted by atomic mass is 16.3. The van der Waals surface area contributed by atoms with Crippen LogP contribution in [0, 0.1) is 0 Å². The van der Waals surface area contributed by atoms with E-state index >= 15 is 0 Å². The molecule has 0 bridgehead atoms. The van der Waals surface area contributed by atoms with Gasteiger partial charge in [0.1, 0.15) is 22.3 Å². The molecule has 2 heterocycles. The van der Waals surface area contributed by atoms with Gasteiger partial charge < -0.3 is 13.7 Å². The number of para-hydroxylation sites is 4. The molecule has 0 aliphatic rings. The molecule has 3 nitrogen and oxygen atoms in total. The van der Waals surface area contributed by atoms with Gasteiger partial charge in [-0.15, -0.1) is 0 Å². The molecule has 3 heteroatoms. The van der Waals surface area contributed by atoms with Gasteiger partial charge in [0, 0.05) is 49.7 Å². The van der Waals surface area contributed by atoms with E-state index < -0.39 is 0 Å². The summed E-state index contributed by atoms with van der Waals surface area (Å²) >= 11 is 0. The summed E-state index contributed by atoms with van der Waals surface area (Å²) in [5, 5.41) is 7.03. The molecule has 0 spiro atoms. The predicted octanol–water partition coefficient (Wildman–Crippen LogP) is 16.8. The van der Waals surface area contributed by atoms with E-state index in [1.165, 1.54) is 27.5 Å². The van der Waals surface area contributed by atoms with Gasteiger partial charge in [-0.1, -0.05) is 176 Å². The Bertz CT molecular complexity index is 3400. The van der Waals surface area contributed by atoms with Crippen molar-refractivity contribution in [3.8, 4) is 44.5 Å². The summed E-state index contributed by atoms with van der Waals surface area (Å²) in [6.07, 6.45) is 0. The first kappa shape index (κ1) is 34.9. The SMILES string of the molecule is c1ccc2c(-c3ccc(-c4ccc(N(c5ccc(-c6cccc7c6oc6ccccc67)cc5)c5ccc(-c6cccc7c6oc6ccccc67)cc5)cc4)cc3)cccc2c1. The summed E-state index contributed by atoms with van der Waals surface area (Å²) in [6.45, 7) is 0. The standard InChI is InChI=1S/C58H37NO2/c1-2-12-47-40(10-1)11-7-15-48(47)41-24-22-38(23-25-41)39-26-32-44(33-27-39)59(45-34-28-42(29-35-45)49-16-8-18-53-51-13-3-5-20-55(51)60-57(49)53)46-36-30-43(31-37-46)50-17-9-19-54-52-14-4-6-21-56(52)61-58(50)54/h1-37H. The molecule has 0 unspecified atom stereocenters. The van der Waals surface area contributed by atoms with Crippen molar-refractivity contribution in [1.29, 1.82) is 0 Å². The topological polar surface area (TPSA) is 29.5 Å². The van der Waals surface area contributed by atoms with Crippen LogP contribution in [0.5, 0.6) is 0 Å². The largest absolute Gasteiger partial charge is 0.455 e. The first-order chi connectivity index (χ1) is 30.2. The van der Waals surface area contributed by atoms with Crippen LogP contribution in [0.2, 0.25) is 0 Å². The van der Waals surface area contributed by atoms with Crippen molar-refractivity contribution < 1.29 is 8.83 Å². The molecule has 2 aromatic heterocycles. The fraction of sp³-hybridized carbons (Fsp3) is 0. The van der Waals surface area contributed by atoms with Crippen LogP contribution in [-0.2, 0) is 0 Å². The highest BCUT2D eigenvalue weighted by Crippen LogP contribution is 2.42. The number of hydrogen-bond acceptors (Lipinski definition) is 3. The third-order valence-corrected chi connectivity index (χ3v) is 12.1. The van der Waals surface area contributed by atoms with Crippen LogP contribution in [0.15, 0.2) is 233 Å². The van der Waals surface area contributed by atoms with Crippen molar-refractivity contribution in [2.75, 3.05) is 4.90 Å². The number of nitrogens with zero attached hydrogens (tertiary/aromatic N) is 1. The zero-order valence-corrected chi connectivity index (χ0v) is 33.1. The molecular formula is C58H37NO2. The first-order valence-electron chi connectivity index (χ1n) is 20.7. The fourth-order valence-electron chi connectivity index (χ4n) is 9.10. The lowest BCUT2D eigenvalue weighted by Gasteiger charge is -2.26. The maximum Gasteiger partial charge on any atom is 0.143 e. The minimum Gasteiger partial charge on any atom is -0.455 e. The van der Waals surface area contributed by atoms with Crippen molar-refractivity contribution in [3.63, 3.8) is 0 Å². The second-order valence-corrected chi connectivity index (χ2v) is 15.6. The Labute approximate surface area is 353 Å². The van der Waals surface area contributed by atoms with Crippen LogP contribution in [0.25, 0.3) is 99.2 Å². The predicted molar refractivity (Wildman–Crippen MR) is 255 cm³/mol. The smallest absolute Gasteiger partial charge is 0.143 e. The Morgan fingerprint density at radius 2 is 0.590 bits per heavy atom. The molecule has 0 fully saturated rings. The Morgan fingerprint density at radius 1 is 0.246 bits per heavy atom. The quantitative estimate of drug-likeness (QED) is 0.161. The van der Waals surface area contributed by atoms with Crippen molar-refractivity contribution in [3.05, 3.63) is 224 Å². The van der Waals surface area contributed by atoms with Crippen LogP contribution in [0.1, 0.15) is 0 Å². The van der Waals surface area contributed by atoms with Gasteiger partial charge in [-0.3, -0.25) is 0 Å². The molecule has 10 aromatic carbocycles. The van der Waals surface area contributed by atoms with E-state index in [2.05, 4.69) is 205 Å². The molecule has 12 aromatic rings. The van der Waals surface area contributed by atoms with Crippen molar-refractivity contribution in [2.45, 2.75) is 0 Å². The molecular weight excluding hydrogens is 743 g/mol. The Morgan fingerprint density at radius 3 is 1.11 bits per heavy atom. The van der Waals surface area contributed by atoms with E-state index in [0.717, 1.165) is 88.8 Å². The number of hydrogen-bond donors (Lipinski definition) is 0. The second kappa shape index (κ2) is 14.3. The molecule has 0 saturated heterocycles. The highest BCUT2D eigenvalue weighted by molar-refractivity contribution is 6.10. The van der Waals surface area contributed by atoms with Crippen LogP contribution in [0.4, 0.5) is 17.1 Å². The molecule has 0 saturated carbocycles. The van der Waals surface area contributed by atoms with Gasteiger partial charge in [-0.05, 0) is 92.7 Å². The summed E-state index contributed by atoms with van der Waals surface area (Å²) in [5.74, 6) is 0. The Kier molecular flexibility index (Phi) is 8.17. The van der Waals surface area contributed by atoms with E-state index in [0.29, 0.717) is 0 Å². The lowest BCUT2D eigenvalue weighted by atomic mass is 9.96. The summed E-state index contributed by atoms with van der Waals surface area (Å²) in [6, 6.07) is 79.9. The number of anilines is 3. The third-order valence-electron chi connectivity index (χ3n) is 12.1. The van der Waals surface area contributed by atoms with E-state index in [4.69, 9.17) is 8.83 Å². The van der Waals surface area contributed by atoms with Crippen LogP contribution in [0.3, 0.4) is 0 Å². The van der Waals surface area contributed by atoms with E-state index in [1.807, 2.05) is 24.3 Å².